The first-order chi connectivity index (χ1) is 10.4. The molecular weight excluding hydrogens is 276 g/mol. The van der Waals surface area contributed by atoms with Gasteiger partial charge in [-0.25, -0.2) is 4.98 Å². The average molecular weight is 300 g/mol. The van der Waals surface area contributed by atoms with Crippen LogP contribution < -0.4 is 5.32 Å². The van der Waals surface area contributed by atoms with Gasteiger partial charge in [-0.05, 0) is 31.4 Å². The molecule has 1 atom stereocenters. The average Bonchev–Trinajstić information content (AvgIpc) is 2.90. The highest BCUT2D eigenvalue weighted by Crippen LogP contribution is 2.38. The Morgan fingerprint density at radius 2 is 2.10 bits per heavy atom. The first-order valence-electron chi connectivity index (χ1n) is 8.09. The molecule has 0 bridgehead atoms. The maximum Gasteiger partial charge on any atom is 0.0959 e. The molecular formula is C18H24N2S. The van der Waals surface area contributed by atoms with Gasteiger partial charge in [0.25, 0.3) is 0 Å². The number of aromatic nitrogens is 1. The highest BCUT2D eigenvalue weighted by molar-refractivity contribution is 7.09. The summed E-state index contributed by atoms with van der Waals surface area (Å²) in [5, 5.41) is 7.29. The van der Waals surface area contributed by atoms with E-state index in [2.05, 4.69) is 48.0 Å². The molecule has 0 saturated heterocycles. The largest absolute Gasteiger partial charge is 0.310 e. The fourth-order valence-corrected chi connectivity index (χ4v) is 3.78. The Bertz CT molecular complexity index is 545. The lowest BCUT2D eigenvalue weighted by atomic mass is 9.86. The Morgan fingerprint density at radius 1 is 1.29 bits per heavy atom. The summed E-state index contributed by atoms with van der Waals surface area (Å²) in [4.78, 5) is 4.88. The maximum atomic E-state index is 4.88. The van der Waals surface area contributed by atoms with Gasteiger partial charge >= 0.3 is 0 Å². The Morgan fingerprint density at radius 3 is 2.76 bits per heavy atom. The smallest absolute Gasteiger partial charge is 0.0959 e. The van der Waals surface area contributed by atoms with Gasteiger partial charge in [0, 0.05) is 23.8 Å². The molecule has 21 heavy (non-hydrogen) atoms. The van der Waals surface area contributed by atoms with Crippen LogP contribution in [0, 0.1) is 0 Å². The second-order valence-electron chi connectivity index (χ2n) is 5.93. The minimum Gasteiger partial charge on any atom is -0.310 e. The third-order valence-corrected chi connectivity index (χ3v) is 5.34. The number of thiazole rings is 1. The minimum absolute atomic E-state index is 0.377. The lowest BCUT2D eigenvalue weighted by molar-refractivity contribution is 0.417. The zero-order valence-electron chi connectivity index (χ0n) is 12.7. The highest BCUT2D eigenvalue weighted by atomic mass is 32.1. The number of hydrogen-bond donors (Lipinski definition) is 1. The molecule has 0 radical (unpaired) electrons. The summed E-state index contributed by atoms with van der Waals surface area (Å²) in [6, 6.07) is 11.1. The van der Waals surface area contributed by atoms with Gasteiger partial charge in [-0.1, -0.05) is 43.7 Å². The van der Waals surface area contributed by atoms with E-state index < -0.39 is 0 Å². The molecule has 1 aromatic carbocycles. The van der Waals surface area contributed by atoms with E-state index in [-0.39, 0.29) is 0 Å². The van der Waals surface area contributed by atoms with Crippen molar-refractivity contribution in [2.45, 2.75) is 51.0 Å². The first kappa shape index (κ1) is 14.7. The summed E-state index contributed by atoms with van der Waals surface area (Å²) in [5.74, 6) is 0.752. The van der Waals surface area contributed by atoms with Gasteiger partial charge in [-0.2, -0.15) is 0 Å². The zero-order chi connectivity index (χ0) is 14.5. The highest BCUT2D eigenvalue weighted by Gasteiger charge is 2.23. The van der Waals surface area contributed by atoms with E-state index in [0.717, 1.165) is 25.3 Å². The maximum absolute atomic E-state index is 4.88. The van der Waals surface area contributed by atoms with Crippen molar-refractivity contribution < 1.29 is 0 Å². The van der Waals surface area contributed by atoms with Crippen molar-refractivity contribution in [3.8, 4) is 0 Å². The lowest BCUT2D eigenvalue weighted by Gasteiger charge is -2.22. The van der Waals surface area contributed by atoms with Crippen LogP contribution in [0.3, 0.4) is 0 Å². The summed E-state index contributed by atoms with van der Waals surface area (Å²) in [6.07, 6.45) is 6.21. The summed E-state index contributed by atoms with van der Waals surface area (Å²) in [6.45, 7) is 3.27. The monoisotopic (exact) mass is 300 g/mol. The summed E-state index contributed by atoms with van der Waals surface area (Å²) >= 11 is 1.86. The molecule has 0 spiro atoms. The van der Waals surface area contributed by atoms with Crippen LogP contribution >= 0.6 is 11.3 Å². The molecule has 1 saturated carbocycles. The van der Waals surface area contributed by atoms with E-state index in [4.69, 9.17) is 4.98 Å². The number of hydrogen-bond acceptors (Lipinski definition) is 3. The van der Waals surface area contributed by atoms with E-state index in [1.54, 1.807) is 0 Å². The van der Waals surface area contributed by atoms with Gasteiger partial charge in [0.05, 0.1) is 10.7 Å². The number of rotatable bonds is 7. The van der Waals surface area contributed by atoms with Crippen LogP contribution in [0.2, 0.25) is 0 Å². The fraction of sp³-hybridized carbons (Fsp3) is 0.500. The SMILES string of the molecule is CCCNC(Cc1csc(C2CCC2)n1)c1ccccc1. The molecule has 1 aliphatic rings. The van der Waals surface area contributed by atoms with Gasteiger partial charge in [0.15, 0.2) is 0 Å². The topological polar surface area (TPSA) is 24.9 Å². The molecule has 1 N–H and O–H groups in total. The van der Waals surface area contributed by atoms with Crippen LogP contribution in [0.5, 0.6) is 0 Å². The van der Waals surface area contributed by atoms with Crippen LogP contribution in [-0.2, 0) is 6.42 Å². The molecule has 1 heterocycles. The van der Waals surface area contributed by atoms with E-state index in [9.17, 15) is 0 Å². The minimum atomic E-state index is 0.377. The molecule has 1 aliphatic carbocycles. The molecule has 3 heteroatoms. The molecule has 0 aliphatic heterocycles. The van der Waals surface area contributed by atoms with Gasteiger partial charge in [-0.15, -0.1) is 11.3 Å². The second kappa shape index (κ2) is 7.19. The predicted molar refractivity (Wildman–Crippen MR) is 89.9 cm³/mol. The van der Waals surface area contributed by atoms with Crippen LogP contribution in [0.4, 0.5) is 0 Å². The van der Waals surface area contributed by atoms with Crippen molar-refractivity contribution in [2.24, 2.45) is 0 Å². The van der Waals surface area contributed by atoms with E-state index in [1.165, 1.54) is 35.5 Å². The predicted octanol–water partition coefficient (Wildman–Crippen LogP) is 4.69. The molecule has 1 fully saturated rings. The first-order valence-corrected chi connectivity index (χ1v) is 8.97. The molecule has 3 rings (SSSR count). The van der Waals surface area contributed by atoms with Crippen molar-refractivity contribution >= 4 is 11.3 Å². The molecule has 2 nitrogen and oxygen atoms in total. The van der Waals surface area contributed by atoms with Gasteiger partial charge in [0.1, 0.15) is 0 Å². The van der Waals surface area contributed by atoms with Gasteiger partial charge in [0.2, 0.25) is 0 Å². The quantitative estimate of drug-likeness (QED) is 0.802. The van der Waals surface area contributed by atoms with Gasteiger partial charge in [-0.3, -0.25) is 0 Å². The van der Waals surface area contributed by atoms with Crippen molar-refractivity contribution in [3.05, 3.63) is 52.0 Å². The number of nitrogens with one attached hydrogen (secondary N) is 1. The zero-order valence-corrected chi connectivity index (χ0v) is 13.5. The molecule has 1 aromatic heterocycles. The van der Waals surface area contributed by atoms with Crippen LogP contribution in [-0.4, -0.2) is 11.5 Å². The van der Waals surface area contributed by atoms with E-state index in [1.807, 2.05) is 11.3 Å². The van der Waals surface area contributed by atoms with Crippen molar-refractivity contribution in [1.82, 2.24) is 10.3 Å². The number of nitrogens with zero attached hydrogens (tertiary/aromatic N) is 1. The van der Waals surface area contributed by atoms with Crippen LogP contribution in [0.1, 0.15) is 60.8 Å². The van der Waals surface area contributed by atoms with Gasteiger partial charge < -0.3 is 5.32 Å². The Hall–Kier alpha value is -1.19. The molecule has 112 valence electrons. The van der Waals surface area contributed by atoms with Crippen molar-refractivity contribution in [3.63, 3.8) is 0 Å². The van der Waals surface area contributed by atoms with E-state index >= 15 is 0 Å². The molecule has 0 amide bonds. The van der Waals surface area contributed by atoms with Crippen molar-refractivity contribution in [2.75, 3.05) is 6.54 Å². The summed E-state index contributed by atoms with van der Waals surface area (Å²) < 4.78 is 0. The Kier molecular flexibility index (Phi) is 5.04. The Labute approximate surface area is 131 Å². The fourth-order valence-electron chi connectivity index (χ4n) is 2.78. The van der Waals surface area contributed by atoms with Crippen molar-refractivity contribution in [1.29, 1.82) is 0 Å². The molecule has 1 unspecified atom stereocenters. The normalized spacial score (nSPS) is 16.6. The third-order valence-electron chi connectivity index (χ3n) is 4.28. The third kappa shape index (κ3) is 3.72. The lowest BCUT2D eigenvalue weighted by Crippen LogP contribution is -2.24. The van der Waals surface area contributed by atoms with Crippen LogP contribution in [0.15, 0.2) is 35.7 Å². The summed E-state index contributed by atoms with van der Waals surface area (Å²) in [7, 11) is 0. The Balaban J connectivity index is 1.69. The summed E-state index contributed by atoms with van der Waals surface area (Å²) in [5.41, 5.74) is 2.61. The second-order valence-corrected chi connectivity index (χ2v) is 6.82. The standard InChI is InChI=1S/C18H24N2S/c1-2-11-19-17(14-7-4-3-5-8-14)12-16-13-21-18(20-16)15-9-6-10-15/h3-5,7-8,13,15,17,19H,2,6,9-12H2,1H3. The van der Waals surface area contributed by atoms with E-state index in [0.29, 0.717) is 6.04 Å². The van der Waals surface area contributed by atoms with Crippen LogP contribution in [0.25, 0.3) is 0 Å². The molecule has 2 aromatic rings. The number of benzene rings is 1.